The predicted octanol–water partition coefficient (Wildman–Crippen LogP) is 0.938. The summed E-state index contributed by atoms with van der Waals surface area (Å²) in [5, 5.41) is 3.41. The van der Waals surface area contributed by atoms with E-state index in [9.17, 15) is 4.79 Å². The van der Waals surface area contributed by atoms with Crippen LogP contribution < -0.4 is 5.32 Å². The standard InChI is InChI=1S/C10H17NO2/c1-13-10(12)9-7-3-2-4-8(9)11-6-5-7/h7-9,11H,2-6H2,1H3/t7-,8-,9-/m1/s1. The number of methoxy groups -OCH3 is 1. The maximum absolute atomic E-state index is 11.5. The Bertz CT molecular complexity index is 183. The fourth-order valence-electron chi connectivity index (χ4n) is 2.79. The number of rotatable bonds is 1. The highest BCUT2D eigenvalue weighted by Crippen LogP contribution is 2.35. The third-order valence-electron chi connectivity index (χ3n) is 3.43. The number of esters is 1. The number of carbonyl (C=O) groups is 1. The zero-order valence-corrected chi connectivity index (χ0v) is 8.08. The zero-order chi connectivity index (χ0) is 9.26. The van der Waals surface area contributed by atoms with Crippen molar-refractivity contribution in [3.8, 4) is 0 Å². The van der Waals surface area contributed by atoms with E-state index < -0.39 is 0 Å². The van der Waals surface area contributed by atoms with Gasteiger partial charge in [-0.15, -0.1) is 0 Å². The lowest BCUT2D eigenvalue weighted by Gasteiger charge is -2.41. The molecule has 0 aromatic heterocycles. The van der Waals surface area contributed by atoms with E-state index in [2.05, 4.69) is 5.32 Å². The maximum Gasteiger partial charge on any atom is 0.310 e. The molecule has 3 nitrogen and oxygen atoms in total. The Labute approximate surface area is 78.8 Å². The van der Waals surface area contributed by atoms with Gasteiger partial charge in [0.2, 0.25) is 0 Å². The minimum Gasteiger partial charge on any atom is -0.469 e. The summed E-state index contributed by atoms with van der Waals surface area (Å²) in [4.78, 5) is 11.5. The largest absolute Gasteiger partial charge is 0.469 e. The van der Waals surface area contributed by atoms with E-state index in [1.807, 2.05) is 0 Å². The van der Waals surface area contributed by atoms with Crippen molar-refractivity contribution in [3.05, 3.63) is 0 Å². The van der Waals surface area contributed by atoms with Crippen molar-refractivity contribution in [2.24, 2.45) is 11.8 Å². The van der Waals surface area contributed by atoms with E-state index in [1.54, 1.807) is 0 Å². The molecular formula is C10H17NO2. The maximum atomic E-state index is 11.5. The van der Waals surface area contributed by atoms with E-state index in [0.29, 0.717) is 12.0 Å². The van der Waals surface area contributed by atoms with Gasteiger partial charge in [0.05, 0.1) is 13.0 Å². The highest BCUT2D eigenvalue weighted by Gasteiger charge is 2.41. The van der Waals surface area contributed by atoms with Gasteiger partial charge in [-0.05, 0) is 31.7 Å². The van der Waals surface area contributed by atoms with Crippen LogP contribution in [0.4, 0.5) is 0 Å². The van der Waals surface area contributed by atoms with Crippen LogP contribution in [0.1, 0.15) is 25.7 Å². The molecule has 1 saturated carbocycles. The Kier molecular flexibility index (Phi) is 2.54. The lowest BCUT2D eigenvalue weighted by atomic mass is 9.72. The Hall–Kier alpha value is -0.570. The molecule has 2 aliphatic rings. The SMILES string of the molecule is COC(=O)[C@@H]1[C@@H]2CCC[C@H]1NCC2. The Morgan fingerprint density at radius 2 is 2.23 bits per heavy atom. The molecule has 74 valence electrons. The lowest BCUT2D eigenvalue weighted by Crippen LogP contribution is -2.52. The quantitative estimate of drug-likeness (QED) is 0.615. The van der Waals surface area contributed by atoms with Crippen molar-refractivity contribution in [1.29, 1.82) is 0 Å². The van der Waals surface area contributed by atoms with Gasteiger partial charge in [-0.1, -0.05) is 6.42 Å². The Balaban J connectivity index is 2.10. The summed E-state index contributed by atoms with van der Waals surface area (Å²) in [7, 11) is 1.49. The number of ether oxygens (including phenoxy) is 1. The van der Waals surface area contributed by atoms with Crippen LogP contribution in [-0.2, 0) is 9.53 Å². The zero-order valence-electron chi connectivity index (χ0n) is 8.08. The van der Waals surface area contributed by atoms with E-state index in [4.69, 9.17) is 4.74 Å². The molecule has 3 atom stereocenters. The molecule has 1 N–H and O–H groups in total. The van der Waals surface area contributed by atoms with Crippen LogP contribution in [0.25, 0.3) is 0 Å². The topological polar surface area (TPSA) is 38.3 Å². The van der Waals surface area contributed by atoms with Crippen molar-refractivity contribution < 1.29 is 9.53 Å². The van der Waals surface area contributed by atoms with Crippen LogP contribution in [0.5, 0.6) is 0 Å². The average molecular weight is 183 g/mol. The normalized spacial score (nSPS) is 38.4. The summed E-state index contributed by atoms with van der Waals surface area (Å²) in [6, 6.07) is 0.389. The highest BCUT2D eigenvalue weighted by molar-refractivity contribution is 5.73. The van der Waals surface area contributed by atoms with Crippen LogP contribution in [0.2, 0.25) is 0 Å². The molecule has 0 unspecified atom stereocenters. The number of carbonyl (C=O) groups excluding carboxylic acids is 1. The first kappa shape index (κ1) is 9.00. The second kappa shape index (κ2) is 3.66. The molecule has 0 amide bonds. The van der Waals surface area contributed by atoms with Crippen molar-refractivity contribution in [2.75, 3.05) is 13.7 Å². The van der Waals surface area contributed by atoms with Crippen molar-refractivity contribution in [3.63, 3.8) is 0 Å². The second-order valence-electron chi connectivity index (χ2n) is 4.09. The predicted molar refractivity (Wildman–Crippen MR) is 49.3 cm³/mol. The van der Waals surface area contributed by atoms with Crippen LogP contribution in [0, 0.1) is 11.8 Å². The summed E-state index contributed by atoms with van der Waals surface area (Å²) in [5.41, 5.74) is 0. The summed E-state index contributed by atoms with van der Waals surface area (Å²) >= 11 is 0. The van der Waals surface area contributed by atoms with Crippen LogP contribution in [0.3, 0.4) is 0 Å². The molecule has 1 saturated heterocycles. The number of fused-ring (bicyclic) bond motifs is 2. The van der Waals surface area contributed by atoms with E-state index >= 15 is 0 Å². The van der Waals surface area contributed by atoms with E-state index in [0.717, 1.165) is 19.4 Å². The van der Waals surface area contributed by atoms with E-state index in [-0.39, 0.29) is 11.9 Å². The third-order valence-corrected chi connectivity index (χ3v) is 3.43. The average Bonchev–Trinajstić information content (AvgIpc) is 2.15. The highest BCUT2D eigenvalue weighted by atomic mass is 16.5. The first-order valence-electron chi connectivity index (χ1n) is 5.14. The Morgan fingerprint density at radius 3 is 2.92 bits per heavy atom. The lowest BCUT2D eigenvalue weighted by molar-refractivity contribution is -0.151. The van der Waals surface area contributed by atoms with Gasteiger partial charge >= 0.3 is 5.97 Å². The van der Waals surface area contributed by atoms with Gasteiger partial charge in [-0.25, -0.2) is 0 Å². The molecule has 0 aromatic rings. The minimum absolute atomic E-state index is 0.0121. The van der Waals surface area contributed by atoms with Gasteiger partial charge < -0.3 is 10.1 Å². The molecule has 0 aromatic carbocycles. The Morgan fingerprint density at radius 1 is 1.38 bits per heavy atom. The fourth-order valence-corrected chi connectivity index (χ4v) is 2.79. The minimum atomic E-state index is -0.0121. The molecule has 1 aliphatic heterocycles. The summed E-state index contributed by atoms with van der Waals surface area (Å²) < 4.78 is 4.85. The number of nitrogens with one attached hydrogen (secondary N) is 1. The number of piperidine rings is 1. The van der Waals surface area contributed by atoms with Crippen LogP contribution >= 0.6 is 0 Å². The van der Waals surface area contributed by atoms with Crippen molar-refractivity contribution in [1.82, 2.24) is 5.32 Å². The van der Waals surface area contributed by atoms with Gasteiger partial charge in [0, 0.05) is 6.04 Å². The van der Waals surface area contributed by atoms with Gasteiger partial charge in [0.1, 0.15) is 0 Å². The third kappa shape index (κ3) is 1.57. The number of hydrogen-bond donors (Lipinski definition) is 1. The van der Waals surface area contributed by atoms with Gasteiger partial charge in [0.15, 0.2) is 0 Å². The number of hydrogen-bond acceptors (Lipinski definition) is 3. The van der Waals surface area contributed by atoms with Crippen molar-refractivity contribution in [2.45, 2.75) is 31.7 Å². The van der Waals surface area contributed by atoms with E-state index in [1.165, 1.54) is 20.0 Å². The van der Waals surface area contributed by atoms with Gasteiger partial charge in [-0.2, -0.15) is 0 Å². The molecule has 0 radical (unpaired) electrons. The molecular weight excluding hydrogens is 166 g/mol. The molecule has 1 heterocycles. The van der Waals surface area contributed by atoms with Crippen molar-refractivity contribution >= 4 is 5.97 Å². The molecule has 2 bridgehead atoms. The summed E-state index contributed by atoms with van der Waals surface area (Å²) in [5.74, 6) is 0.696. The first-order chi connectivity index (χ1) is 6.33. The van der Waals surface area contributed by atoms with Crippen LogP contribution in [0.15, 0.2) is 0 Å². The smallest absolute Gasteiger partial charge is 0.310 e. The van der Waals surface area contributed by atoms with Crippen LogP contribution in [-0.4, -0.2) is 25.7 Å². The van der Waals surface area contributed by atoms with Gasteiger partial charge in [-0.3, -0.25) is 4.79 Å². The molecule has 2 fully saturated rings. The van der Waals surface area contributed by atoms with Gasteiger partial charge in [0.25, 0.3) is 0 Å². The summed E-state index contributed by atoms with van der Waals surface area (Å²) in [6.07, 6.45) is 4.74. The molecule has 3 heteroatoms. The molecule has 0 spiro atoms. The molecule has 2 rings (SSSR count). The second-order valence-corrected chi connectivity index (χ2v) is 4.09. The fraction of sp³-hybridized carbons (Fsp3) is 0.900. The molecule has 1 aliphatic carbocycles. The monoisotopic (exact) mass is 183 g/mol. The molecule has 13 heavy (non-hydrogen) atoms. The first-order valence-corrected chi connectivity index (χ1v) is 5.14. The summed E-state index contributed by atoms with van der Waals surface area (Å²) in [6.45, 7) is 1.07.